The lowest BCUT2D eigenvalue weighted by Crippen LogP contribution is -2.59. The first-order chi connectivity index (χ1) is 17.5. The van der Waals surface area contributed by atoms with Gasteiger partial charge < -0.3 is 19.6 Å². The Morgan fingerprint density at radius 1 is 1.24 bits per heavy atom. The third-order valence-electron chi connectivity index (χ3n) is 8.13. The highest BCUT2D eigenvalue weighted by atomic mass is 32.2. The molecule has 6 atom stereocenters. The summed E-state index contributed by atoms with van der Waals surface area (Å²) in [6.45, 7) is 15.4. The molecule has 37 heavy (non-hydrogen) atoms. The van der Waals surface area contributed by atoms with E-state index in [9.17, 15) is 19.5 Å². The van der Waals surface area contributed by atoms with Crippen molar-refractivity contribution in [2.45, 2.75) is 67.7 Å². The summed E-state index contributed by atoms with van der Waals surface area (Å²) in [7, 11) is 0. The molecule has 0 aliphatic carbocycles. The van der Waals surface area contributed by atoms with Gasteiger partial charge in [0.1, 0.15) is 12.6 Å². The number of benzene rings is 1. The fourth-order valence-electron chi connectivity index (χ4n) is 6.57. The second-order valence-corrected chi connectivity index (χ2v) is 13.3. The number of hydrogen-bond acceptors (Lipinski definition) is 6. The summed E-state index contributed by atoms with van der Waals surface area (Å²) < 4.78 is 4.17. The Balaban J connectivity index is 1.88. The van der Waals surface area contributed by atoms with Crippen LogP contribution in [0.2, 0.25) is 0 Å². The Bertz CT molecular complexity index is 1090. The van der Waals surface area contributed by atoms with E-state index in [1.807, 2.05) is 58.0 Å². The Morgan fingerprint density at radius 3 is 2.49 bits per heavy atom. The van der Waals surface area contributed by atoms with Gasteiger partial charge in [-0.3, -0.25) is 14.4 Å². The first kappa shape index (κ1) is 27.5. The number of fused-ring (bicyclic) bond motifs is 1. The minimum absolute atomic E-state index is 0.0660. The molecule has 3 aliphatic heterocycles. The predicted molar refractivity (Wildman–Crippen MR) is 145 cm³/mol. The number of aliphatic hydroxyl groups excluding tert-OH is 1. The van der Waals surface area contributed by atoms with Crippen molar-refractivity contribution in [1.82, 2.24) is 9.80 Å². The Kier molecular flexibility index (Phi) is 7.38. The number of hydrogen-bond donors (Lipinski definition) is 1. The quantitative estimate of drug-likeness (QED) is 0.390. The van der Waals surface area contributed by atoms with E-state index in [-0.39, 0.29) is 25.0 Å². The lowest BCUT2D eigenvalue weighted by Gasteiger charge is -2.43. The van der Waals surface area contributed by atoms with Crippen LogP contribution in [0.3, 0.4) is 0 Å². The molecule has 7 nitrogen and oxygen atoms in total. The second-order valence-electron chi connectivity index (χ2n) is 11.4. The highest BCUT2D eigenvalue weighted by molar-refractivity contribution is 8.02. The molecule has 0 saturated carbocycles. The molecule has 3 fully saturated rings. The van der Waals surface area contributed by atoms with Crippen molar-refractivity contribution in [3.63, 3.8) is 0 Å². The minimum atomic E-state index is -0.842. The van der Waals surface area contributed by atoms with Crippen LogP contribution in [0.25, 0.3) is 0 Å². The maximum Gasteiger partial charge on any atom is 0.311 e. The molecule has 200 valence electrons. The van der Waals surface area contributed by atoms with Crippen molar-refractivity contribution < 1.29 is 24.2 Å². The van der Waals surface area contributed by atoms with Crippen molar-refractivity contribution in [1.29, 1.82) is 0 Å². The number of ether oxygens (including phenoxy) is 1. The van der Waals surface area contributed by atoms with Crippen LogP contribution in [0.1, 0.15) is 52.1 Å². The zero-order valence-corrected chi connectivity index (χ0v) is 23.0. The number of nitrogens with zero attached hydrogens (tertiary/aromatic N) is 2. The van der Waals surface area contributed by atoms with Crippen molar-refractivity contribution in [3.05, 3.63) is 61.2 Å². The van der Waals surface area contributed by atoms with Crippen LogP contribution in [0.4, 0.5) is 0 Å². The van der Waals surface area contributed by atoms with Crippen LogP contribution < -0.4 is 0 Å². The van der Waals surface area contributed by atoms with Crippen LogP contribution in [0.15, 0.2) is 55.6 Å². The normalized spacial score (nSPS) is 31.1. The SMILES string of the molecule is C=CCOC(=O)[C@@H]1[C@H]2C(=O)N([C@H](CO)c3ccccc3)C(C(=O)N(CC=C)C(C)(C)C)C23CC[C@@]1(C)S3. The summed E-state index contributed by atoms with van der Waals surface area (Å²) in [5, 5.41) is 10.6. The van der Waals surface area contributed by atoms with E-state index in [1.165, 1.54) is 6.08 Å². The first-order valence-electron chi connectivity index (χ1n) is 12.8. The smallest absolute Gasteiger partial charge is 0.311 e. The van der Waals surface area contributed by atoms with Crippen molar-refractivity contribution >= 4 is 29.5 Å². The Morgan fingerprint density at radius 2 is 1.92 bits per heavy atom. The number of amides is 2. The maximum atomic E-state index is 14.5. The number of aliphatic hydroxyl groups is 1. The molecule has 3 saturated heterocycles. The average molecular weight is 527 g/mol. The van der Waals surface area contributed by atoms with Crippen LogP contribution in [0.5, 0.6) is 0 Å². The first-order valence-corrected chi connectivity index (χ1v) is 13.7. The lowest BCUT2D eigenvalue weighted by molar-refractivity contribution is -0.155. The summed E-state index contributed by atoms with van der Waals surface area (Å²) in [5.74, 6) is -2.29. The van der Waals surface area contributed by atoms with Crippen molar-refractivity contribution in [2.24, 2.45) is 11.8 Å². The third-order valence-corrected chi connectivity index (χ3v) is 10.1. The number of likely N-dealkylation sites (tertiary alicyclic amines) is 1. The average Bonchev–Trinajstić information content (AvgIpc) is 3.42. The van der Waals surface area contributed by atoms with Gasteiger partial charge in [0.25, 0.3) is 0 Å². The van der Waals surface area contributed by atoms with Crippen LogP contribution in [-0.4, -0.2) is 73.5 Å². The van der Waals surface area contributed by atoms with E-state index in [1.54, 1.807) is 27.6 Å². The molecular formula is C29H38N2O5S. The van der Waals surface area contributed by atoms with E-state index in [0.29, 0.717) is 19.4 Å². The molecule has 1 aromatic rings. The summed E-state index contributed by atoms with van der Waals surface area (Å²) in [4.78, 5) is 45.6. The van der Waals surface area contributed by atoms with Crippen LogP contribution in [-0.2, 0) is 19.1 Å². The van der Waals surface area contributed by atoms with Gasteiger partial charge in [0, 0.05) is 16.8 Å². The van der Waals surface area contributed by atoms with Crippen molar-refractivity contribution in [2.75, 3.05) is 19.8 Å². The maximum absolute atomic E-state index is 14.5. The fraction of sp³-hybridized carbons (Fsp3) is 0.552. The molecule has 1 spiro atoms. The van der Waals surface area contributed by atoms with Crippen LogP contribution in [0, 0.1) is 11.8 Å². The molecule has 2 bridgehead atoms. The van der Waals surface area contributed by atoms with Gasteiger partial charge in [0.05, 0.1) is 29.2 Å². The van der Waals surface area contributed by atoms with E-state index in [2.05, 4.69) is 13.2 Å². The van der Waals surface area contributed by atoms with Gasteiger partial charge in [-0.15, -0.1) is 18.3 Å². The summed E-state index contributed by atoms with van der Waals surface area (Å²) in [6.07, 6.45) is 4.52. The van der Waals surface area contributed by atoms with Crippen LogP contribution >= 0.6 is 11.8 Å². The monoisotopic (exact) mass is 526 g/mol. The number of rotatable bonds is 9. The number of esters is 1. The van der Waals surface area contributed by atoms with E-state index in [0.717, 1.165) is 5.56 Å². The molecule has 1 aromatic carbocycles. The standard InChI is InChI=1S/C29H38N2O5S/c1-7-16-30(27(3,4)5)25(34)23-29-15-14-28(6,37-29)22(26(35)36-17-8-2)21(29)24(33)31(23)20(18-32)19-12-10-9-11-13-19/h7-13,20-23,32H,1-2,14-18H2,3-6H3/t20-,21+,22+,23?,28-,29?/m1/s1. The van der Waals surface area contributed by atoms with E-state index < -0.39 is 44.9 Å². The van der Waals surface area contributed by atoms with Gasteiger partial charge in [-0.25, -0.2) is 0 Å². The third kappa shape index (κ3) is 4.32. The number of carbonyl (C=O) groups excluding carboxylic acids is 3. The zero-order chi connectivity index (χ0) is 27.2. The molecule has 3 aliphatic rings. The topological polar surface area (TPSA) is 87.1 Å². The highest BCUT2D eigenvalue weighted by Crippen LogP contribution is 2.72. The summed E-state index contributed by atoms with van der Waals surface area (Å²) >= 11 is 1.59. The van der Waals surface area contributed by atoms with Gasteiger partial charge in [0.15, 0.2) is 0 Å². The minimum Gasteiger partial charge on any atom is -0.461 e. The summed E-state index contributed by atoms with van der Waals surface area (Å²) in [6, 6.07) is 7.73. The largest absolute Gasteiger partial charge is 0.461 e. The Hall–Kier alpha value is -2.58. The second kappa shape index (κ2) is 9.95. The zero-order valence-electron chi connectivity index (χ0n) is 22.2. The van der Waals surface area contributed by atoms with Gasteiger partial charge in [-0.2, -0.15) is 0 Å². The molecule has 3 heterocycles. The molecule has 8 heteroatoms. The molecule has 2 unspecified atom stereocenters. The molecular weight excluding hydrogens is 488 g/mol. The van der Waals surface area contributed by atoms with E-state index >= 15 is 0 Å². The summed E-state index contributed by atoms with van der Waals surface area (Å²) in [5.41, 5.74) is 0.221. The molecule has 2 amide bonds. The Labute approximate surface area is 223 Å². The van der Waals surface area contributed by atoms with Crippen molar-refractivity contribution in [3.8, 4) is 0 Å². The fourth-order valence-corrected chi connectivity index (χ4v) is 8.89. The predicted octanol–water partition coefficient (Wildman–Crippen LogP) is 3.74. The van der Waals surface area contributed by atoms with Gasteiger partial charge in [-0.1, -0.05) is 49.1 Å². The molecule has 0 radical (unpaired) electrons. The van der Waals surface area contributed by atoms with Gasteiger partial charge >= 0.3 is 5.97 Å². The van der Waals surface area contributed by atoms with Gasteiger partial charge in [-0.05, 0) is 46.1 Å². The van der Waals surface area contributed by atoms with E-state index in [4.69, 9.17) is 4.74 Å². The highest BCUT2D eigenvalue weighted by Gasteiger charge is 2.78. The lowest BCUT2D eigenvalue weighted by atomic mass is 9.66. The number of carbonyl (C=O) groups is 3. The molecule has 4 rings (SSSR count). The molecule has 0 aromatic heterocycles. The molecule has 1 N–H and O–H groups in total. The van der Waals surface area contributed by atoms with Gasteiger partial charge in [0.2, 0.25) is 11.8 Å². The number of thioether (sulfide) groups is 1.